The van der Waals surface area contributed by atoms with E-state index in [1.807, 2.05) is 72.8 Å². The third kappa shape index (κ3) is 4.69. The van der Waals surface area contributed by atoms with E-state index in [-0.39, 0.29) is 17.4 Å². The average molecular weight is 466 g/mol. The summed E-state index contributed by atoms with van der Waals surface area (Å²) in [7, 11) is 0. The summed E-state index contributed by atoms with van der Waals surface area (Å²) in [5.74, 6) is -0.156. The molecule has 0 radical (unpaired) electrons. The van der Waals surface area contributed by atoms with E-state index in [9.17, 15) is 9.59 Å². The quantitative estimate of drug-likeness (QED) is 0.420. The standard InChI is InChI=1S/C26H24ClNO3S/c1-17(2)31-26(30)23-16-32-25(21-10-6-7-11-22(21)27)28(23)24(29)20-14-12-19(13-15-20)18-8-4-3-5-9-18/h3-15,17,23,25H,16H2,1-2H3. The number of rotatable bonds is 5. The van der Waals surface area contributed by atoms with Crippen molar-refractivity contribution in [2.75, 3.05) is 5.75 Å². The monoisotopic (exact) mass is 465 g/mol. The van der Waals surface area contributed by atoms with Gasteiger partial charge in [-0.15, -0.1) is 11.8 Å². The zero-order chi connectivity index (χ0) is 22.7. The van der Waals surface area contributed by atoms with Gasteiger partial charge in [-0.3, -0.25) is 4.79 Å². The lowest BCUT2D eigenvalue weighted by Crippen LogP contribution is -2.44. The number of halogens is 1. The first kappa shape index (κ1) is 22.4. The molecule has 2 unspecified atom stereocenters. The van der Waals surface area contributed by atoms with E-state index in [0.29, 0.717) is 16.3 Å². The van der Waals surface area contributed by atoms with E-state index in [4.69, 9.17) is 16.3 Å². The smallest absolute Gasteiger partial charge is 0.330 e. The van der Waals surface area contributed by atoms with Gasteiger partial charge in [0.2, 0.25) is 0 Å². The Kier molecular flexibility index (Phi) is 6.87. The van der Waals surface area contributed by atoms with Gasteiger partial charge in [0.25, 0.3) is 5.91 Å². The summed E-state index contributed by atoms with van der Waals surface area (Å²) < 4.78 is 5.46. The van der Waals surface area contributed by atoms with Crippen molar-refractivity contribution in [1.29, 1.82) is 0 Å². The zero-order valence-electron chi connectivity index (χ0n) is 17.9. The molecule has 2 atom stereocenters. The molecule has 1 aliphatic heterocycles. The van der Waals surface area contributed by atoms with Crippen LogP contribution >= 0.6 is 23.4 Å². The van der Waals surface area contributed by atoms with Crippen molar-refractivity contribution in [2.24, 2.45) is 0 Å². The molecule has 3 aromatic carbocycles. The summed E-state index contributed by atoms with van der Waals surface area (Å²) in [4.78, 5) is 28.1. The molecule has 3 aromatic rings. The van der Waals surface area contributed by atoms with Crippen LogP contribution < -0.4 is 0 Å². The summed E-state index contributed by atoms with van der Waals surface area (Å²) in [6, 6.07) is 24.2. The molecule has 0 bridgehead atoms. The van der Waals surface area contributed by atoms with E-state index in [1.54, 1.807) is 24.8 Å². The van der Waals surface area contributed by atoms with Crippen LogP contribution in [0.2, 0.25) is 5.02 Å². The van der Waals surface area contributed by atoms with Gasteiger partial charge in [0.1, 0.15) is 11.4 Å². The number of carbonyl (C=O) groups is 2. The number of esters is 1. The molecule has 0 N–H and O–H groups in total. The van der Waals surface area contributed by atoms with Crippen LogP contribution in [-0.2, 0) is 9.53 Å². The fourth-order valence-corrected chi connectivity index (χ4v) is 5.50. The van der Waals surface area contributed by atoms with E-state index < -0.39 is 12.0 Å². The lowest BCUT2D eigenvalue weighted by atomic mass is 10.0. The molecule has 0 aromatic heterocycles. The van der Waals surface area contributed by atoms with Crippen LogP contribution in [0.4, 0.5) is 0 Å². The Hall–Kier alpha value is -2.76. The molecule has 0 spiro atoms. The summed E-state index contributed by atoms with van der Waals surface area (Å²) in [6.45, 7) is 3.61. The van der Waals surface area contributed by atoms with Crippen LogP contribution in [0.15, 0.2) is 78.9 Å². The fraction of sp³-hybridized carbons (Fsp3) is 0.231. The second-order valence-corrected chi connectivity index (χ2v) is 9.38. The number of hydrogen-bond donors (Lipinski definition) is 0. The number of hydrogen-bond acceptors (Lipinski definition) is 4. The molecule has 1 heterocycles. The Morgan fingerprint density at radius 2 is 1.56 bits per heavy atom. The Morgan fingerprint density at radius 3 is 2.22 bits per heavy atom. The summed E-state index contributed by atoms with van der Waals surface area (Å²) in [6.07, 6.45) is -0.256. The molecule has 4 nitrogen and oxygen atoms in total. The first-order chi connectivity index (χ1) is 15.5. The van der Waals surface area contributed by atoms with E-state index in [0.717, 1.165) is 16.7 Å². The number of carbonyl (C=O) groups excluding carboxylic acids is 2. The van der Waals surface area contributed by atoms with Crippen molar-refractivity contribution in [1.82, 2.24) is 4.90 Å². The molecule has 32 heavy (non-hydrogen) atoms. The first-order valence-corrected chi connectivity index (χ1v) is 11.9. The molecule has 1 amide bonds. The van der Waals surface area contributed by atoms with E-state index in [2.05, 4.69) is 0 Å². The minimum atomic E-state index is -0.676. The van der Waals surface area contributed by atoms with Crippen LogP contribution in [-0.4, -0.2) is 34.7 Å². The molecule has 1 aliphatic rings. The van der Waals surface area contributed by atoms with Gasteiger partial charge in [0.15, 0.2) is 0 Å². The van der Waals surface area contributed by atoms with Gasteiger partial charge in [0, 0.05) is 21.9 Å². The first-order valence-electron chi connectivity index (χ1n) is 10.5. The maximum Gasteiger partial charge on any atom is 0.330 e. The van der Waals surface area contributed by atoms with Gasteiger partial charge < -0.3 is 9.64 Å². The van der Waals surface area contributed by atoms with Gasteiger partial charge in [0.05, 0.1) is 6.10 Å². The highest BCUT2D eigenvalue weighted by Crippen LogP contribution is 2.44. The van der Waals surface area contributed by atoms with Crippen molar-refractivity contribution in [3.8, 4) is 11.1 Å². The van der Waals surface area contributed by atoms with E-state index in [1.165, 1.54) is 11.8 Å². The number of amides is 1. The summed E-state index contributed by atoms with van der Waals surface area (Å²) in [5, 5.41) is 0.204. The minimum absolute atomic E-state index is 0.217. The predicted octanol–water partition coefficient (Wildman–Crippen LogP) is 6.22. The largest absolute Gasteiger partial charge is 0.461 e. The molecule has 1 fully saturated rings. The zero-order valence-corrected chi connectivity index (χ0v) is 19.5. The second kappa shape index (κ2) is 9.80. The number of thioether (sulfide) groups is 1. The van der Waals surface area contributed by atoms with Crippen molar-refractivity contribution >= 4 is 35.2 Å². The van der Waals surface area contributed by atoms with Crippen molar-refractivity contribution in [3.05, 3.63) is 95.0 Å². The molecule has 1 saturated heterocycles. The summed E-state index contributed by atoms with van der Waals surface area (Å²) >= 11 is 7.98. The summed E-state index contributed by atoms with van der Waals surface area (Å²) in [5.41, 5.74) is 3.44. The van der Waals surface area contributed by atoms with Crippen molar-refractivity contribution in [2.45, 2.75) is 31.4 Å². The molecule has 4 rings (SSSR count). The number of ether oxygens (including phenoxy) is 1. The molecular weight excluding hydrogens is 442 g/mol. The van der Waals surface area contributed by atoms with Gasteiger partial charge in [-0.1, -0.05) is 72.3 Å². The fourth-order valence-electron chi connectivity index (χ4n) is 3.75. The van der Waals surface area contributed by atoms with Crippen molar-refractivity contribution in [3.63, 3.8) is 0 Å². The molecule has 0 aliphatic carbocycles. The van der Waals surface area contributed by atoms with Crippen LogP contribution in [0.5, 0.6) is 0 Å². The van der Waals surface area contributed by atoms with E-state index >= 15 is 0 Å². The number of nitrogens with zero attached hydrogens (tertiary/aromatic N) is 1. The average Bonchev–Trinajstić information content (AvgIpc) is 3.24. The maximum absolute atomic E-state index is 13.7. The van der Waals surface area contributed by atoms with Crippen LogP contribution in [0.3, 0.4) is 0 Å². The van der Waals surface area contributed by atoms with Gasteiger partial charge in [-0.2, -0.15) is 0 Å². The Labute approximate surface area is 197 Å². The highest BCUT2D eigenvalue weighted by molar-refractivity contribution is 7.99. The predicted molar refractivity (Wildman–Crippen MR) is 130 cm³/mol. The third-order valence-corrected chi connectivity index (χ3v) is 6.92. The third-order valence-electron chi connectivity index (χ3n) is 5.27. The van der Waals surface area contributed by atoms with Crippen LogP contribution in [0.1, 0.15) is 35.1 Å². The van der Waals surface area contributed by atoms with Gasteiger partial charge in [-0.25, -0.2) is 4.79 Å². The van der Waals surface area contributed by atoms with Crippen LogP contribution in [0, 0.1) is 0 Å². The van der Waals surface area contributed by atoms with Gasteiger partial charge in [-0.05, 0) is 43.2 Å². The number of benzene rings is 3. The lowest BCUT2D eigenvalue weighted by molar-refractivity contribution is -0.151. The second-order valence-electron chi connectivity index (χ2n) is 7.86. The van der Waals surface area contributed by atoms with Crippen molar-refractivity contribution < 1.29 is 14.3 Å². The van der Waals surface area contributed by atoms with Crippen LogP contribution in [0.25, 0.3) is 11.1 Å². The Bertz CT molecular complexity index is 1100. The highest BCUT2D eigenvalue weighted by atomic mass is 35.5. The minimum Gasteiger partial charge on any atom is -0.461 e. The highest BCUT2D eigenvalue weighted by Gasteiger charge is 2.44. The molecule has 6 heteroatoms. The molecule has 164 valence electrons. The van der Waals surface area contributed by atoms with Gasteiger partial charge >= 0.3 is 5.97 Å². The SMILES string of the molecule is CC(C)OC(=O)C1CSC(c2ccccc2Cl)N1C(=O)c1ccc(-c2ccccc2)cc1. The molecule has 0 saturated carbocycles. The Morgan fingerprint density at radius 1 is 0.938 bits per heavy atom. The normalized spacial score (nSPS) is 18.1. The molecular formula is C26H24ClNO3S. The topological polar surface area (TPSA) is 46.6 Å². The Balaban J connectivity index is 1.67. The maximum atomic E-state index is 13.7. The lowest BCUT2D eigenvalue weighted by Gasteiger charge is -2.29.